The predicted molar refractivity (Wildman–Crippen MR) is 93.6 cm³/mol. The Morgan fingerprint density at radius 3 is 2.46 bits per heavy atom. The van der Waals surface area contributed by atoms with Gasteiger partial charge in [0.1, 0.15) is 11.9 Å². The first kappa shape index (κ1) is 16.3. The highest BCUT2D eigenvalue weighted by atomic mass is 32.2. The highest BCUT2D eigenvalue weighted by Gasteiger charge is 2.20. The molecule has 0 unspecified atom stereocenters. The van der Waals surface area contributed by atoms with E-state index in [-0.39, 0.29) is 11.9 Å². The number of aryl methyl sites for hydroxylation is 2. The third-order valence-corrected chi connectivity index (χ3v) is 4.72. The van der Waals surface area contributed by atoms with Crippen LogP contribution in [0.15, 0.2) is 60.3 Å². The first-order chi connectivity index (χ1) is 11.6. The fourth-order valence-electron chi connectivity index (χ4n) is 2.42. The number of carbonyl (C=O) groups excluding carboxylic acids is 1. The normalized spacial score (nSPS) is 12.1. The van der Waals surface area contributed by atoms with Crippen LogP contribution in [0.2, 0.25) is 0 Å². The number of amides is 1. The largest absolute Gasteiger partial charge is 0.341 e. The van der Waals surface area contributed by atoms with Gasteiger partial charge in [-0.2, -0.15) is 0 Å². The lowest BCUT2D eigenvalue weighted by Gasteiger charge is -2.19. The van der Waals surface area contributed by atoms with E-state index < -0.39 is 0 Å². The zero-order valence-corrected chi connectivity index (χ0v) is 14.4. The molecule has 6 nitrogen and oxygen atoms in total. The van der Waals surface area contributed by atoms with Crippen molar-refractivity contribution < 1.29 is 4.79 Å². The second-order valence-corrected chi connectivity index (χ2v) is 6.36. The van der Waals surface area contributed by atoms with Gasteiger partial charge in [-0.1, -0.05) is 42.1 Å². The molecule has 0 aliphatic carbocycles. The molecule has 0 radical (unpaired) electrons. The number of nitrogens with one attached hydrogen (secondary N) is 1. The third-order valence-electron chi connectivity index (χ3n) is 3.66. The molecule has 0 aliphatic heterocycles. The first-order valence-electron chi connectivity index (χ1n) is 7.57. The number of imidazole rings is 2. The smallest absolute Gasteiger partial charge is 0.231 e. The van der Waals surface area contributed by atoms with Gasteiger partial charge in [-0.25, -0.2) is 9.97 Å². The van der Waals surface area contributed by atoms with Crippen molar-refractivity contribution in [3.63, 3.8) is 0 Å². The Morgan fingerprint density at radius 1 is 1.12 bits per heavy atom. The summed E-state index contributed by atoms with van der Waals surface area (Å²) >= 11 is 1.41. The van der Waals surface area contributed by atoms with E-state index in [1.54, 1.807) is 12.4 Å². The highest BCUT2D eigenvalue weighted by Crippen LogP contribution is 2.21. The Bertz CT molecular complexity index is 811. The summed E-state index contributed by atoms with van der Waals surface area (Å²) in [5.74, 6) is 1.05. The van der Waals surface area contributed by atoms with Crippen molar-refractivity contribution in [3.05, 3.63) is 66.5 Å². The summed E-state index contributed by atoms with van der Waals surface area (Å²) in [6, 6.07) is 9.58. The molecule has 2 heterocycles. The van der Waals surface area contributed by atoms with Gasteiger partial charge in [0.15, 0.2) is 5.16 Å². The minimum absolute atomic E-state index is 0.0557. The molecule has 0 spiro atoms. The van der Waals surface area contributed by atoms with Gasteiger partial charge in [0, 0.05) is 38.9 Å². The van der Waals surface area contributed by atoms with Gasteiger partial charge in [-0.15, -0.1) is 0 Å². The zero-order valence-electron chi connectivity index (χ0n) is 13.6. The van der Waals surface area contributed by atoms with Gasteiger partial charge < -0.3 is 14.5 Å². The lowest BCUT2D eigenvalue weighted by Crippen LogP contribution is -2.32. The van der Waals surface area contributed by atoms with Gasteiger partial charge in [-0.05, 0) is 5.56 Å². The number of benzene rings is 1. The Morgan fingerprint density at radius 2 is 1.83 bits per heavy atom. The molecule has 1 amide bonds. The molecule has 2 aromatic heterocycles. The van der Waals surface area contributed by atoms with Crippen molar-refractivity contribution in [2.45, 2.75) is 11.2 Å². The average Bonchev–Trinajstić information content (AvgIpc) is 3.20. The molecular formula is C17H19N5OS. The number of carbonyl (C=O) groups is 1. The van der Waals surface area contributed by atoms with Gasteiger partial charge in [0.2, 0.25) is 5.91 Å². The van der Waals surface area contributed by atoms with Crippen LogP contribution in [-0.4, -0.2) is 30.8 Å². The molecule has 0 aliphatic rings. The quantitative estimate of drug-likeness (QED) is 0.698. The fourth-order valence-corrected chi connectivity index (χ4v) is 3.16. The van der Waals surface area contributed by atoms with Gasteiger partial charge in [0.05, 0.1) is 5.75 Å². The molecule has 1 aromatic carbocycles. The summed E-state index contributed by atoms with van der Waals surface area (Å²) in [4.78, 5) is 21.0. The van der Waals surface area contributed by atoms with E-state index in [2.05, 4.69) is 15.3 Å². The lowest BCUT2D eigenvalue weighted by molar-refractivity contribution is -0.119. The predicted octanol–water partition coefficient (Wildman–Crippen LogP) is 2.15. The van der Waals surface area contributed by atoms with E-state index in [1.807, 2.05) is 66.0 Å². The molecule has 124 valence electrons. The SMILES string of the molecule is Cn1ccnc1SCC(=O)N[C@H](c1ccccc1)c1nccn1C. The van der Waals surface area contributed by atoms with Crippen LogP contribution in [0.4, 0.5) is 0 Å². The molecular weight excluding hydrogens is 322 g/mol. The van der Waals surface area contributed by atoms with Crippen LogP contribution in [0, 0.1) is 0 Å². The van der Waals surface area contributed by atoms with Crippen molar-refractivity contribution >= 4 is 17.7 Å². The second-order valence-electron chi connectivity index (χ2n) is 5.42. The van der Waals surface area contributed by atoms with Crippen LogP contribution in [0.25, 0.3) is 0 Å². The van der Waals surface area contributed by atoms with Crippen molar-refractivity contribution in [2.75, 3.05) is 5.75 Å². The number of nitrogens with zero attached hydrogens (tertiary/aromatic N) is 4. The third kappa shape index (κ3) is 3.68. The molecule has 1 N–H and O–H groups in total. The monoisotopic (exact) mass is 341 g/mol. The second kappa shape index (κ2) is 7.35. The molecule has 7 heteroatoms. The molecule has 0 saturated heterocycles. The molecule has 24 heavy (non-hydrogen) atoms. The molecule has 0 saturated carbocycles. The number of hydrogen-bond acceptors (Lipinski definition) is 4. The molecule has 0 fully saturated rings. The topological polar surface area (TPSA) is 64.7 Å². The molecule has 3 aromatic rings. The summed E-state index contributed by atoms with van der Waals surface area (Å²) in [5.41, 5.74) is 1.00. The number of rotatable bonds is 6. The van der Waals surface area contributed by atoms with E-state index in [4.69, 9.17) is 0 Å². The van der Waals surface area contributed by atoms with Gasteiger partial charge in [-0.3, -0.25) is 4.79 Å². The standard InChI is InChI=1S/C17H19N5OS/c1-21-10-8-18-16(21)15(13-6-4-3-5-7-13)20-14(23)12-24-17-19-9-11-22(17)2/h3-11,15H,12H2,1-2H3,(H,20,23)/t15-/m1/s1. The maximum absolute atomic E-state index is 12.4. The van der Waals surface area contributed by atoms with Gasteiger partial charge in [0.25, 0.3) is 0 Å². The van der Waals surface area contributed by atoms with Crippen LogP contribution in [0.1, 0.15) is 17.4 Å². The summed E-state index contributed by atoms with van der Waals surface area (Å²) in [7, 11) is 3.83. The van der Waals surface area contributed by atoms with E-state index >= 15 is 0 Å². The fraction of sp³-hybridized carbons (Fsp3) is 0.235. The maximum Gasteiger partial charge on any atom is 0.231 e. The summed E-state index contributed by atoms with van der Waals surface area (Å²) < 4.78 is 3.81. The summed E-state index contributed by atoms with van der Waals surface area (Å²) in [5, 5.41) is 3.90. The Balaban J connectivity index is 1.73. The Kier molecular flexibility index (Phi) is 5.00. The first-order valence-corrected chi connectivity index (χ1v) is 8.55. The van der Waals surface area contributed by atoms with Crippen LogP contribution >= 0.6 is 11.8 Å². The minimum atomic E-state index is -0.277. The molecule has 1 atom stereocenters. The van der Waals surface area contributed by atoms with Crippen LogP contribution in [0.3, 0.4) is 0 Å². The molecule has 3 rings (SSSR count). The van der Waals surface area contributed by atoms with E-state index in [0.717, 1.165) is 16.5 Å². The van der Waals surface area contributed by atoms with Crippen molar-refractivity contribution in [1.82, 2.24) is 24.4 Å². The van der Waals surface area contributed by atoms with E-state index in [1.165, 1.54) is 11.8 Å². The van der Waals surface area contributed by atoms with Crippen LogP contribution in [-0.2, 0) is 18.9 Å². The maximum atomic E-state index is 12.4. The van der Waals surface area contributed by atoms with Gasteiger partial charge >= 0.3 is 0 Å². The Hall–Kier alpha value is -2.54. The van der Waals surface area contributed by atoms with Crippen LogP contribution in [0.5, 0.6) is 0 Å². The lowest BCUT2D eigenvalue weighted by atomic mass is 10.1. The highest BCUT2D eigenvalue weighted by molar-refractivity contribution is 7.99. The minimum Gasteiger partial charge on any atom is -0.341 e. The van der Waals surface area contributed by atoms with Crippen LogP contribution < -0.4 is 5.32 Å². The zero-order chi connectivity index (χ0) is 16.9. The average molecular weight is 341 g/mol. The summed E-state index contributed by atoms with van der Waals surface area (Å²) in [6.07, 6.45) is 7.20. The molecule has 0 bridgehead atoms. The van der Waals surface area contributed by atoms with E-state index in [0.29, 0.717) is 5.75 Å². The Labute approximate surface area is 144 Å². The van der Waals surface area contributed by atoms with E-state index in [9.17, 15) is 4.79 Å². The number of thioether (sulfide) groups is 1. The van der Waals surface area contributed by atoms with Crippen molar-refractivity contribution in [3.8, 4) is 0 Å². The summed E-state index contributed by atoms with van der Waals surface area (Å²) in [6.45, 7) is 0. The van der Waals surface area contributed by atoms with Crippen molar-refractivity contribution in [2.24, 2.45) is 14.1 Å². The number of hydrogen-bond donors (Lipinski definition) is 1. The van der Waals surface area contributed by atoms with Crippen molar-refractivity contribution in [1.29, 1.82) is 0 Å². The number of aromatic nitrogens is 4.